The van der Waals surface area contributed by atoms with E-state index in [1.807, 2.05) is 0 Å². The number of carbonyl (C=O) groups excluding carboxylic acids is 1. The summed E-state index contributed by atoms with van der Waals surface area (Å²) in [6, 6.07) is 2.07. The molecule has 33 heavy (non-hydrogen) atoms. The Bertz CT molecular complexity index is 976. The lowest BCUT2D eigenvalue weighted by Crippen LogP contribution is -2.50. The maximum absolute atomic E-state index is 13.7. The maximum Gasteiger partial charge on any atom is 0.168 e. The molecular formula is C28H38ClN3O. The molecule has 1 unspecified atom stereocenters. The average Bonchev–Trinajstić information content (AvgIpc) is 3.50. The Morgan fingerprint density at radius 3 is 2.58 bits per heavy atom. The first kappa shape index (κ1) is 22.1. The molecule has 5 aliphatic rings. The van der Waals surface area contributed by atoms with Gasteiger partial charge in [0.25, 0.3) is 0 Å². The van der Waals surface area contributed by atoms with Crippen LogP contribution in [0.2, 0.25) is 5.15 Å². The van der Waals surface area contributed by atoms with Gasteiger partial charge in [-0.2, -0.15) is 10.4 Å². The van der Waals surface area contributed by atoms with Crippen LogP contribution in [0, 0.1) is 70.0 Å². The quantitative estimate of drug-likeness (QED) is 0.506. The van der Waals surface area contributed by atoms with Gasteiger partial charge in [0.15, 0.2) is 10.9 Å². The molecule has 0 spiro atoms. The van der Waals surface area contributed by atoms with Crippen molar-refractivity contribution in [3.63, 3.8) is 0 Å². The van der Waals surface area contributed by atoms with Gasteiger partial charge in [-0.1, -0.05) is 31.9 Å². The molecule has 5 heteroatoms. The van der Waals surface area contributed by atoms with Gasteiger partial charge in [-0.3, -0.25) is 9.48 Å². The zero-order valence-corrected chi connectivity index (χ0v) is 20.9. The lowest BCUT2D eigenvalue weighted by atomic mass is 9.48. The summed E-state index contributed by atoms with van der Waals surface area (Å²) in [5.74, 6) is 7.37. The van der Waals surface area contributed by atoms with E-state index < -0.39 is 0 Å². The molecule has 1 aromatic heterocycles. The lowest BCUT2D eigenvalue weighted by molar-refractivity contribution is -0.131. The normalized spacial score (nSPS) is 44.4. The number of carbonyl (C=O) groups is 1. The van der Waals surface area contributed by atoms with E-state index >= 15 is 0 Å². The Morgan fingerprint density at radius 2 is 1.85 bits per heavy atom. The molecule has 1 heterocycles. The first-order valence-corrected chi connectivity index (χ1v) is 13.9. The van der Waals surface area contributed by atoms with Gasteiger partial charge in [0.05, 0.1) is 6.54 Å². The molecule has 5 fully saturated rings. The van der Waals surface area contributed by atoms with Crippen molar-refractivity contribution in [2.24, 2.45) is 58.7 Å². The van der Waals surface area contributed by atoms with E-state index in [0.29, 0.717) is 11.3 Å². The standard InChI is InChI=1S/C28H38ClN3O/c1-16-3-7-20-18(11-16)6-8-22-21(20)9-10-28(2)24(12-23(26(22)28)17-4-5-17)25(33)15-32-14-19(13-30)27(29)31-32/h14,16-18,20-24,26H,3-12,15H2,1-2H3/t16-,18+,20-,21?,22+,23-,24+,26+,28+/m0/s1. The van der Waals surface area contributed by atoms with E-state index in [2.05, 4.69) is 25.0 Å². The number of nitriles is 1. The molecule has 0 amide bonds. The Balaban J connectivity index is 1.26. The minimum atomic E-state index is 0.131. The van der Waals surface area contributed by atoms with E-state index in [1.54, 1.807) is 10.9 Å². The summed E-state index contributed by atoms with van der Waals surface area (Å²) in [5, 5.41) is 13.7. The molecule has 5 aliphatic carbocycles. The second kappa shape index (κ2) is 8.11. The third kappa shape index (κ3) is 3.60. The van der Waals surface area contributed by atoms with Crippen molar-refractivity contribution < 1.29 is 4.79 Å². The fourth-order valence-electron chi connectivity index (χ4n) is 9.60. The van der Waals surface area contributed by atoms with Gasteiger partial charge in [0.1, 0.15) is 11.6 Å². The van der Waals surface area contributed by atoms with Crippen LogP contribution in [-0.2, 0) is 11.3 Å². The number of halogens is 1. The van der Waals surface area contributed by atoms with Gasteiger partial charge in [-0.05, 0) is 111 Å². The lowest BCUT2D eigenvalue weighted by Gasteiger charge is -2.57. The molecule has 178 valence electrons. The average molecular weight is 468 g/mol. The SMILES string of the molecule is C[C@H]1CC[C@@H]2C3CC[C@@]4(C)[C@H]([C@@H]3CC[C@@H]2C1)[C@H](C1CC1)C[C@@H]4C(=O)Cn1cc(C#N)c(Cl)n1. The van der Waals surface area contributed by atoms with Crippen molar-refractivity contribution in [3.05, 3.63) is 16.9 Å². The van der Waals surface area contributed by atoms with E-state index in [4.69, 9.17) is 11.6 Å². The number of hydrogen-bond acceptors (Lipinski definition) is 3. The van der Waals surface area contributed by atoms with Crippen molar-refractivity contribution in [2.75, 3.05) is 0 Å². The Morgan fingerprint density at radius 1 is 1.09 bits per heavy atom. The minimum Gasteiger partial charge on any atom is -0.297 e. The number of ketones is 1. The molecule has 5 saturated carbocycles. The third-order valence-electron chi connectivity index (χ3n) is 11.0. The second-order valence-corrected chi connectivity index (χ2v) is 13.1. The predicted octanol–water partition coefficient (Wildman–Crippen LogP) is 6.52. The van der Waals surface area contributed by atoms with Gasteiger partial charge in [0.2, 0.25) is 0 Å². The zero-order valence-electron chi connectivity index (χ0n) is 20.2. The molecular weight excluding hydrogens is 430 g/mol. The van der Waals surface area contributed by atoms with E-state index in [0.717, 1.165) is 53.8 Å². The summed E-state index contributed by atoms with van der Waals surface area (Å²) >= 11 is 6.07. The van der Waals surface area contributed by atoms with Gasteiger partial charge in [-0.15, -0.1) is 0 Å². The first-order chi connectivity index (χ1) is 15.9. The molecule has 6 rings (SSSR count). The number of fused-ring (bicyclic) bond motifs is 5. The molecule has 4 nitrogen and oxygen atoms in total. The maximum atomic E-state index is 13.7. The summed E-state index contributed by atoms with van der Waals surface area (Å²) < 4.78 is 1.60. The van der Waals surface area contributed by atoms with Crippen molar-refractivity contribution in [1.82, 2.24) is 9.78 Å². The summed E-state index contributed by atoms with van der Waals surface area (Å²) in [4.78, 5) is 13.7. The van der Waals surface area contributed by atoms with Crippen LogP contribution in [-0.4, -0.2) is 15.6 Å². The highest BCUT2D eigenvalue weighted by molar-refractivity contribution is 6.30. The van der Waals surface area contributed by atoms with Gasteiger partial charge < -0.3 is 0 Å². The van der Waals surface area contributed by atoms with Gasteiger partial charge in [0, 0.05) is 12.1 Å². The predicted molar refractivity (Wildman–Crippen MR) is 128 cm³/mol. The number of aromatic nitrogens is 2. The van der Waals surface area contributed by atoms with Crippen LogP contribution in [0.25, 0.3) is 0 Å². The van der Waals surface area contributed by atoms with Gasteiger partial charge in [-0.25, -0.2) is 0 Å². The van der Waals surface area contributed by atoms with Crippen molar-refractivity contribution >= 4 is 17.4 Å². The fourth-order valence-corrected chi connectivity index (χ4v) is 9.79. The van der Waals surface area contributed by atoms with Crippen LogP contribution in [0.4, 0.5) is 0 Å². The number of rotatable bonds is 4. The molecule has 0 radical (unpaired) electrons. The Labute approximate surface area is 203 Å². The Hall–Kier alpha value is -1.34. The van der Waals surface area contributed by atoms with E-state index in [1.165, 1.54) is 57.8 Å². The zero-order chi connectivity index (χ0) is 22.9. The van der Waals surface area contributed by atoms with Crippen molar-refractivity contribution in [2.45, 2.75) is 84.6 Å². The molecule has 0 bridgehead atoms. The van der Waals surface area contributed by atoms with Crippen LogP contribution in [0.1, 0.15) is 83.6 Å². The molecule has 0 aromatic carbocycles. The molecule has 1 aromatic rings. The topological polar surface area (TPSA) is 58.7 Å². The number of hydrogen-bond donors (Lipinski definition) is 0. The molecule has 0 N–H and O–H groups in total. The molecule has 9 atom stereocenters. The van der Waals surface area contributed by atoms with Crippen molar-refractivity contribution in [1.29, 1.82) is 5.26 Å². The first-order valence-electron chi connectivity index (χ1n) is 13.5. The molecule has 0 saturated heterocycles. The summed E-state index contributed by atoms with van der Waals surface area (Å²) in [7, 11) is 0. The van der Waals surface area contributed by atoms with Crippen LogP contribution in [0.5, 0.6) is 0 Å². The number of Topliss-reactive ketones (excluding diaryl/α,β-unsaturated/α-hetero) is 1. The Kier molecular flexibility index (Phi) is 5.44. The highest BCUT2D eigenvalue weighted by Crippen LogP contribution is 2.69. The van der Waals surface area contributed by atoms with E-state index in [-0.39, 0.29) is 23.0 Å². The third-order valence-corrected chi connectivity index (χ3v) is 11.3. The minimum absolute atomic E-state index is 0.131. The van der Waals surface area contributed by atoms with Crippen LogP contribution < -0.4 is 0 Å². The monoisotopic (exact) mass is 467 g/mol. The smallest absolute Gasteiger partial charge is 0.168 e. The summed E-state index contributed by atoms with van der Waals surface area (Å²) in [6.45, 7) is 5.19. The van der Waals surface area contributed by atoms with Gasteiger partial charge >= 0.3 is 0 Å². The second-order valence-electron chi connectivity index (χ2n) is 12.7. The van der Waals surface area contributed by atoms with E-state index in [9.17, 15) is 10.1 Å². The van der Waals surface area contributed by atoms with Crippen LogP contribution in [0.3, 0.4) is 0 Å². The summed E-state index contributed by atoms with van der Waals surface area (Å²) in [5.41, 5.74) is 0.491. The van der Waals surface area contributed by atoms with Crippen molar-refractivity contribution in [3.8, 4) is 6.07 Å². The molecule has 0 aliphatic heterocycles. The highest BCUT2D eigenvalue weighted by Gasteiger charge is 2.63. The number of nitrogens with zero attached hydrogens (tertiary/aromatic N) is 3. The largest absolute Gasteiger partial charge is 0.297 e. The van der Waals surface area contributed by atoms with Crippen LogP contribution >= 0.6 is 11.6 Å². The van der Waals surface area contributed by atoms with Crippen LogP contribution in [0.15, 0.2) is 6.20 Å². The highest BCUT2D eigenvalue weighted by atomic mass is 35.5. The fraction of sp³-hybridized carbons (Fsp3) is 0.821. The summed E-state index contributed by atoms with van der Waals surface area (Å²) in [6.07, 6.45) is 15.2.